The molecule has 4 heterocycles. The Bertz CT molecular complexity index is 1870. The molecule has 2 aromatic carbocycles. The van der Waals surface area contributed by atoms with Crippen LogP contribution in [0.5, 0.6) is 0 Å². The van der Waals surface area contributed by atoms with E-state index < -0.39 is 0 Å². The molecule has 4 aromatic heterocycles. The maximum absolute atomic E-state index is 13.7. The number of hydrogen-bond acceptors (Lipinski definition) is 9. The molecule has 200 valence electrons. The summed E-state index contributed by atoms with van der Waals surface area (Å²) in [5.41, 5.74) is 11.5. The van der Waals surface area contributed by atoms with E-state index in [1.807, 2.05) is 35.8 Å². The van der Waals surface area contributed by atoms with Crippen molar-refractivity contribution in [2.24, 2.45) is 0 Å². The molecule has 0 aliphatic carbocycles. The first-order valence-electron chi connectivity index (χ1n) is 12.2. The van der Waals surface area contributed by atoms with E-state index in [4.69, 9.17) is 14.6 Å². The average Bonchev–Trinajstić information content (AvgIpc) is 3.58. The molecule has 9 nitrogen and oxygen atoms in total. The lowest BCUT2D eigenvalue weighted by Gasteiger charge is -2.20. The summed E-state index contributed by atoms with van der Waals surface area (Å²) in [7, 11) is 3.48. The van der Waals surface area contributed by atoms with Gasteiger partial charge >= 0.3 is 0 Å². The van der Waals surface area contributed by atoms with Gasteiger partial charge < -0.3 is 24.2 Å². The van der Waals surface area contributed by atoms with Crippen molar-refractivity contribution in [3.63, 3.8) is 0 Å². The Morgan fingerprint density at radius 1 is 1.02 bits per heavy atom. The molecule has 11 heteroatoms. The summed E-state index contributed by atoms with van der Waals surface area (Å²) in [6.45, 7) is 0. The van der Waals surface area contributed by atoms with Crippen molar-refractivity contribution in [1.29, 1.82) is 0 Å². The van der Waals surface area contributed by atoms with E-state index >= 15 is 0 Å². The normalized spacial score (nSPS) is 11.3. The molecule has 0 fully saturated rings. The number of fused-ring (bicyclic) bond motifs is 2. The van der Waals surface area contributed by atoms with Crippen molar-refractivity contribution in [2.45, 2.75) is 0 Å². The molecule has 0 unspecified atom stereocenters. The maximum Gasteiger partial charge on any atom is 0.255 e. The second kappa shape index (κ2) is 10.0. The van der Waals surface area contributed by atoms with Gasteiger partial charge in [-0.3, -0.25) is 4.79 Å². The van der Waals surface area contributed by atoms with E-state index in [0.717, 1.165) is 16.8 Å². The van der Waals surface area contributed by atoms with E-state index in [-0.39, 0.29) is 17.5 Å². The summed E-state index contributed by atoms with van der Waals surface area (Å²) >= 11 is 1.51. The fourth-order valence-corrected chi connectivity index (χ4v) is 4.90. The Kier molecular flexibility index (Phi) is 6.35. The molecule has 0 bridgehead atoms. The molecular weight excluding hydrogens is 531 g/mol. The zero-order chi connectivity index (χ0) is 28.0. The first-order chi connectivity index (χ1) is 19.4. The summed E-state index contributed by atoms with van der Waals surface area (Å²) in [6.07, 6.45) is 5.26. The highest BCUT2D eigenvalue weighted by atomic mass is 32.2. The maximum atomic E-state index is 13.7. The van der Waals surface area contributed by atoms with Gasteiger partial charge in [-0.25, -0.2) is 14.4 Å². The van der Waals surface area contributed by atoms with Gasteiger partial charge in [0.05, 0.1) is 16.8 Å². The SMILES string of the molecule is CNC(=O)c1c(-c2ccc(F)cc2)oc2cc(N(C)SC)c(-c3cnc(N)c(-c4nc5ncccc5o4)c3)cc12. The molecule has 6 rings (SSSR count). The van der Waals surface area contributed by atoms with Crippen LogP contribution >= 0.6 is 11.9 Å². The average molecular weight is 555 g/mol. The number of amides is 1. The molecule has 40 heavy (non-hydrogen) atoms. The van der Waals surface area contributed by atoms with Crippen LogP contribution in [-0.2, 0) is 0 Å². The van der Waals surface area contributed by atoms with Gasteiger partial charge in [0.25, 0.3) is 5.91 Å². The lowest BCUT2D eigenvalue weighted by atomic mass is 9.98. The van der Waals surface area contributed by atoms with Crippen LogP contribution in [-0.4, -0.2) is 41.2 Å². The predicted molar refractivity (Wildman–Crippen MR) is 155 cm³/mol. The Hall–Kier alpha value is -4.90. The van der Waals surface area contributed by atoms with Crippen LogP contribution in [0, 0.1) is 5.82 Å². The number of carbonyl (C=O) groups excluding carboxylic acids is 1. The van der Waals surface area contributed by atoms with Crippen molar-refractivity contribution < 1.29 is 18.0 Å². The fraction of sp³-hybridized carbons (Fsp3) is 0.103. The number of benzene rings is 2. The first-order valence-corrected chi connectivity index (χ1v) is 13.4. The third-order valence-electron chi connectivity index (χ3n) is 6.60. The van der Waals surface area contributed by atoms with Gasteiger partial charge in [-0.05, 0) is 48.5 Å². The lowest BCUT2D eigenvalue weighted by Crippen LogP contribution is -2.18. The van der Waals surface area contributed by atoms with Gasteiger partial charge in [-0.1, -0.05) is 11.9 Å². The number of anilines is 2. The number of pyridine rings is 2. The third-order valence-corrected chi connectivity index (χ3v) is 7.35. The first kappa shape index (κ1) is 25.4. The van der Waals surface area contributed by atoms with E-state index in [2.05, 4.69) is 20.3 Å². The van der Waals surface area contributed by atoms with Crippen molar-refractivity contribution in [2.75, 3.05) is 30.4 Å². The summed E-state index contributed by atoms with van der Waals surface area (Å²) in [4.78, 5) is 26.3. The zero-order valence-electron chi connectivity index (χ0n) is 21.7. The van der Waals surface area contributed by atoms with Crippen LogP contribution in [0.25, 0.3) is 56.1 Å². The Morgan fingerprint density at radius 3 is 2.55 bits per heavy atom. The van der Waals surface area contributed by atoms with E-state index in [0.29, 0.717) is 50.5 Å². The van der Waals surface area contributed by atoms with E-state index in [1.165, 1.54) is 24.1 Å². The van der Waals surface area contributed by atoms with Gasteiger partial charge in [-0.15, -0.1) is 0 Å². The fourth-order valence-electron chi connectivity index (χ4n) is 4.56. The van der Waals surface area contributed by atoms with Crippen molar-refractivity contribution >= 4 is 51.6 Å². The zero-order valence-corrected chi connectivity index (χ0v) is 22.5. The number of carbonyl (C=O) groups is 1. The Balaban J connectivity index is 1.59. The number of nitrogen functional groups attached to an aromatic ring is 1. The largest absolute Gasteiger partial charge is 0.455 e. The smallest absolute Gasteiger partial charge is 0.255 e. The van der Waals surface area contributed by atoms with Gasteiger partial charge in [-0.2, -0.15) is 4.98 Å². The highest BCUT2D eigenvalue weighted by molar-refractivity contribution is 7.99. The Morgan fingerprint density at radius 2 is 1.82 bits per heavy atom. The van der Waals surface area contributed by atoms with E-state index in [9.17, 15) is 9.18 Å². The van der Waals surface area contributed by atoms with Crippen LogP contribution in [0.15, 0.2) is 75.8 Å². The molecule has 0 saturated heterocycles. The van der Waals surface area contributed by atoms with Crippen LogP contribution in [0.3, 0.4) is 0 Å². The van der Waals surface area contributed by atoms with Crippen LogP contribution < -0.4 is 15.4 Å². The van der Waals surface area contributed by atoms with Crippen LogP contribution in [0.4, 0.5) is 15.9 Å². The summed E-state index contributed by atoms with van der Waals surface area (Å²) in [5.74, 6) is 0.191. The monoisotopic (exact) mass is 554 g/mol. The number of nitrogens with zero attached hydrogens (tertiary/aromatic N) is 4. The molecule has 0 saturated carbocycles. The number of nitrogens with one attached hydrogen (secondary N) is 1. The minimum Gasteiger partial charge on any atom is -0.455 e. The minimum absolute atomic E-state index is 0.254. The molecular formula is C29H23FN6O3S. The quantitative estimate of drug-likeness (QED) is 0.233. The highest BCUT2D eigenvalue weighted by Crippen LogP contribution is 2.42. The van der Waals surface area contributed by atoms with Crippen molar-refractivity contribution in [3.8, 4) is 33.9 Å². The van der Waals surface area contributed by atoms with Gasteiger partial charge in [0, 0.05) is 60.9 Å². The van der Waals surface area contributed by atoms with Crippen molar-refractivity contribution in [1.82, 2.24) is 20.3 Å². The van der Waals surface area contributed by atoms with E-state index in [1.54, 1.807) is 43.7 Å². The number of aromatic nitrogens is 3. The predicted octanol–water partition coefficient (Wildman–Crippen LogP) is 6.16. The van der Waals surface area contributed by atoms with Crippen LogP contribution in [0.2, 0.25) is 0 Å². The van der Waals surface area contributed by atoms with Gasteiger partial charge in [0.2, 0.25) is 5.89 Å². The lowest BCUT2D eigenvalue weighted by molar-refractivity contribution is 0.0964. The molecule has 0 radical (unpaired) electrons. The van der Waals surface area contributed by atoms with Crippen LogP contribution in [0.1, 0.15) is 10.4 Å². The number of furan rings is 1. The summed E-state index contributed by atoms with van der Waals surface area (Å²) < 4.78 is 27.8. The second-order valence-corrected chi connectivity index (χ2v) is 9.85. The minimum atomic E-state index is -0.381. The topological polar surface area (TPSA) is 123 Å². The number of nitrogens with two attached hydrogens (primary N) is 1. The number of halogens is 1. The molecule has 0 spiro atoms. The molecule has 0 atom stereocenters. The molecule has 3 N–H and O–H groups in total. The highest BCUT2D eigenvalue weighted by Gasteiger charge is 2.25. The van der Waals surface area contributed by atoms with Gasteiger partial charge in [0.15, 0.2) is 11.2 Å². The standard InChI is InChI=1S/C29H23FN6O3S/c1-32-28(37)24-19-12-18(16-11-20(26(31)34-14-16)29-35-27-22(39-29)5-4-10-33-27)21(36(2)40-3)13-23(19)38-25(24)15-6-8-17(30)9-7-15/h4-14H,1-3H3,(H2,31,34)(H,32,37). The molecule has 0 aliphatic rings. The number of rotatable bonds is 6. The van der Waals surface area contributed by atoms with Gasteiger partial charge in [0.1, 0.15) is 23.0 Å². The number of hydrogen-bond donors (Lipinski definition) is 2. The second-order valence-electron chi connectivity index (χ2n) is 8.94. The summed E-state index contributed by atoms with van der Waals surface area (Å²) in [6, 6.07) is 15.0. The summed E-state index contributed by atoms with van der Waals surface area (Å²) in [5, 5.41) is 3.29. The Labute approximate surface area is 232 Å². The third kappa shape index (κ3) is 4.30. The molecule has 1 amide bonds. The van der Waals surface area contributed by atoms with Crippen molar-refractivity contribution in [3.05, 3.63) is 78.4 Å². The number of oxazole rings is 1. The molecule has 0 aliphatic heterocycles. The molecule has 6 aromatic rings.